The number of aromatic nitrogens is 1. The smallest absolute Gasteiger partial charge is 0.373 e. The van der Waals surface area contributed by atoms with Gasteiger partial charge in [-0.3, -0.25) is 0 Å². The minimum absolute atomic E-state index is 0.0772. The van der Waals surface area contributed by atoms with Gasteiger partial charge in [-0.05, 0) is 26.0 Å². The maximum absolute atomic E-state index is 11.3. The van der Waals surface area contributed by atoms with E-state index >= 15 is 0 Å². The standard InChI is InChI=1S/C16H19NO3/c1-9-6-10(2)8-11(7-9)14-17-13(16(3,4)5)12(20-14)15(18)19/h6-8H,1-5H3,(H,18,19). The van der Waals surface area contributed by atoms with Crippen LogP contribution in [0, 0.1) is 13.8 Å². The Bertz CT molecular complexity index is 643. The Balaban J connectivity index is 2.62. The van der Waals surface area contributed by atoms with E-state index in [1.165, 1.54) is 0 Å². The van der Waals surface area contributed by atoms with E-state index in [0.29, 0.717) is 11.6 Å². The summed E-state index contributed by atoms with van der Waals surface area (Å²) in [6.07, 6.45) is 0. The van der Waals surface area contributed by atoms with Crippen LogP contribution in [0.1, 0.15) is 48.1 Å². The Hall–Kier alpha value is -2.10. The molecule has 0 amide bonds. The second-order valence-corrected chi connectivity index (χ2v) is 6.13. The highest BCUT2D eigenvalue weighted by atomic mass is 16.4. The third-order valence-corrected chi connectivity index (χ3v) is 3.00. The summed E-state index contributed by atoms with van der Waals surface area (Å²) < 4.78 is 5.49. The monoisotopic (exact) mass is 273 g/mol. The van der Waals surface area contributed by atoms with Gasteiger partial charge in [0.2, 0.25) is 11.7 Å². The lowest BCUT2D eigenvalue weighted by Crippen LogP contribution is -2.16. The summed E-state index contributed by atoms with van der Waals surface area (Å²) in [5.74, 6) is -0.802. The molecule has 20 heavy (non-hydrogen) atoms. The van der Waals surface area contributed by atoms with E-state index in [1.807, 2.05) is 46.8 Å². The molecule has 0 saturated carbocycles. The molecule has 1 heterocycles. The van der Waals surface area contributed by atoms with Crippen molar-refractivity contribution in [2.45, 2.75) is 40.0 Å². The Morgan fingerprint density at radius 1 is 1.15 bits per heavy atom. The zero-order valence-electron chi connectivity index (χ0n) is 12.4. The van der Waals surface area contributed by atoms with Crippen molar-refractivity contribution in [1.29, 1.82) is 0 Å². The molecule has 1 aromatic carbocycles. The fraction of sp³-hybridized carbons (Fsp3) is 0.375. The number of aromatic carboxylic acids is 1. The topological polar surface area (TPSA) is 63.3 Å². The average molecular weight is 273 g/mol. The van der Waals surface area contributed by atoms with Crippen LogP contribution in [-0.4, -0.2) is 16.1 Å². The van der Waals surface area contributed by atoms with Crippen LogP contribution >= 0.6 is 0 Å². The molecule has 0 fully saturated rings. The molecule has 1 N–H and O–H groups in total. The molecule has 4 heteroatoms. The van der Waals surface area contributed by atoms with Gasteiger partial charge in [-0.2, -0.15) is 0 Å². The van der Waals surface area contributed by atoms with Gasteiger partial charge in [0.1, 0.15) is 5.69 Å². The highest BCUT2D eigenvalue weighted by molar-refractivity contribution is 5.86. The largest absolute Gasteiger partial charge is 0.475 e. The lowest BCUT2D eigenvalue weighted by atomic mass is 9.91. The average Bonchev–Trinajstić information content (AvgIpc) is 2.71. The Morgan fingerprint density at radius 2 is 1.70 bits per heavy atom. The number of nitrogens with zero attached hydrogens (tertiary/aromatic N) is 1. The molecule has 2 aromatic rings. The molecule has 1 aromatic heterocycles. The molecule has 0 radical (unpaired) electrons. The van der Waals surface area contributed by atoms with Crippen molar-refractivity contribution in [3.05, 3.63) is 40.8 Å². The molecule has 4 nitrogen and oxygen atoms in total. The van der Waals surface area contributed by atoms with Crippen LogP contribution < -0.4 is 0 Å². The van der Waals surface area contributed by atoms with E-state index in [-0.39, 0.29) is 11.2 Å². The summed E-state index contributed by atoms with van der Waals surface area (Å²) in [7, 11) is 0. The van der Waals surface area contributed by atoms with Crippen molar-refractivity contribution in [1.82, 2.24) is 4.98 Å². The fourth-order valence-electron chi connectivity index (χ4n) is 2.20. The second-order valence-electron chi connectivity index (χ2n) is 6.13. The first kappa shape index (κ1) is 14.3. The molecule has 0 aliphatic heterocycles. The van der Waals surface area contributed by atoms with E-state index < -0.39 is 5.97 Å². The van der Waals surface area contributed by atoms with Crippen LogP contribution in [0.2, 0.25) is 0 Å². The lowest BCUT2D eigenvalue weighted by Gasteiger charge is -2.14. The third kappa shape index (κ3) is 2.74. The summed E-state index contributed by atoms with van der Waals surface area (Å²) >= 11 is 0. The van der Waals surface area contributed by atoms with Crippen LogP contribution in [-0.2, 0) is 5.41 Å². The first-order valence-corrected chi connectivity index (χ1v) is 6.52. The molecule has 0 unspecified atom stereocenters. The number of carboxylic acid groups (broad SMARTS) is 1. The van der Waals surface area contributed by atoms with Gasteiger partial charge in [-0.1, -0.05) is 38.0 Å². The normalized spacial score (nSPS) is 11.7. The van der Waals surface area contributed by atoms with Gasteiger partial charge in [0, 0.05) is 11.0 Å². The maximum Gasteiger partial charge on any atom is 0.373 e. The number of benzene rings is 1. The summed E-state index contributed by atoms with van der Waals surface area (Å²) in [4.78, 5) is 15.7. The van der Waals surface area contributed by atoms with Crippen molar-refractivity contribution in [3.8, 4) is 11.5 Å². The fourth-order valence-corrected chi connectivity index (χ4v) is 2.20. The molecule has 106 valence electrons. The minimum Gasteiger partial charge on any atom is -0.475 e. The summed E-state index contributed by atoms with van der Waals surface area (Å²) in [6, 6.07) is 5.93. The van der Waals surface area contributed by atoms with Gasteiger partial charge >= 0.3 is 5.97 Å². The van der Waals surface area contributed by atoms with Crippen LogP contribution in [0.5, 0.6) is 0 Å². The van der Waals surface area contributed by atoms with Crippen molar-refractivity contribution in [2.75, 3.05) is 0 Å². The van der Waals surface area contributed by atoms with Gasteiger partial charge in [0.05, 0.1) is 0 Å². The zero-order valence-corrected chi connectivity index (χ0v) is 12.4. The number of carboxylic acids is 1. The predicted molar refractivity (Wildman–Crippen MR) is 77.1 cm³/mol. The Morgan fingerprint density at radius 3 is 2.10 bits per heavy atom. The quantitative estimate of drug-likeness (QED) is 0.899. The molecule has 0 atom stereocenters. The lowest BCUT2D eigenvalue weighted by molar-refractivity contribution is 0.0659. The van der Waals surface area contributed by atoms with Crippen molar-refractivity contribution in [3.63, 3.8) is 0 Å². The molecule has 0 aliphatic rings. The van der Waals surface area contributed by atoms with Crippen LogP contribution in [0.3, 0.4) is 0 Å². The van der Waals surface area contributed by atoms with Gasteiger partial charge in [-0.15, -0.1) is 0 Å². The van der Waals surface area contributed by atoms with Crippen LogP contribution in [0.15, 0.2) is 22.6 Å². The van der Waals surface area contributed by atoms with Crippen molar-refractivity contribution < 1.29 is 14.3 Å². The minimum atomic E-state index is -1.09. The summed E-state index contributed by atoms with van der Waals surface area (Å²) in [5.41, 5.74) is 3.08. The predicted octanol–water partition coefficient (Wildman–Crippen LogP) is 3.95. The highest BCUT2D eigenvalue weighted by Crippen LogP contribution is 2.30. The van der Waals surface area contributed by atoms with Crippen LogP contribution in [0.25, 0.3) is 11.5 Å². The number of hydrogen-bond acceptors (Lipinski definition) is 3. The van der Waals surface area contributed by atoms with E-state index in [2.05, 4.69) is 11.1 Å². The second kappa shape index (κ2) is 4.78. The number of hydrogen-bond donors (Lipinski definition) is 1. The summed E-state index contributed by atoms with van der Waals surface area (Å²) in [5, 5.41) is 9.26. The maximum atomic E-state index is 11.3. The van der Waals surface area contributed by atoms with E-state index in [4.69, 9.17) is 4.42 Å². The van der Waals surface area contributed by atoms with Gasteiger partial charge < -0.3 is 9.52 Å². The zero-order chi connectivity index (χ0) is 15.1. The third-order valence-electron chi connectivity index (χ3n) is 3.00. The van der Waals surface area contributed by atoms with E-state index in [0.717, 1.165) is 16.7 Å². The first-order valence-electron chi connectivity index (χ1n) is 6.52. The number of aryl methyl sites for hydroxylation is 2. The summed E-state index contributed by atoms with van der Waals surface area (Å²) in [6.45, 7) is 9.73. The van der Waals surface area contributed by atoms with Crippen LogP contribution in [0.4, 0.5) is 0 Å². The molecule has 0 aliphatic carbocycles. The number of carbonyl (C=O) groups is 1. The van der Waals surface area contributed by atoms with Crippen molar-refractivity contribution >= 4 is 5.97 Å². The Kier molecular flexibility index (Phi) is 3.42. The van der Waals surface area contributed by atoms with Crippen molar-refractivity contribution in [2.24, 2.45) is 0 Å². The van der Waals surface area contributed by atoms with Gasteiger partial charge in [0.15, 0.2) is 0 Å². The molecular weight excluding hydrogens is 254 g/mol. The molecule has 0 saturated heterocycles. The van der Waals surface area contributed by atoms with E-state index in [9.17, 15) is 9.90 Å². The van der Waals surface area contributed by atoms with Gasteiger partial charge in [0.25, 0.3) is 0 Å². The highest BCUT2D eigenvalue weighted by Gasteiger charge is 2.29. The Labute approximate surface area is 118 Å². The molecular formula is C16H19NO3. The van der Waals surface area contributed by atoms with E-state index in [1.54, 1.807) is 0 Å². The number of oxazole rings is 1. The SMILES string of the molecule is Cc1cc(C)cc(-c2nc(C(C)(C)C)c(C(=O)O)o2)c1. The molecule has 2 rings (SSSR count). The molecule has 0 bridgehead atoms. The first-order chi connectivity index (χ1) is 9.18. The van der Waals surface area contributed by atoms with Gasteiger partial charge in [-0.25, -0.2) is 9.78 Å². The molecule has 0 spiro atoms. The number of rotatable bonds is 2.